The predicted octanol–water partition coefficient (Wildman–Crippen LogP) is 6.28. The van der Waals surface area contributed by atoms with Crippen molar-refractivity contribution in [3.63, 3.8) is 0 Å². The van der Waals surface area contributed by atoms with E-state index in [0.29, 0.717) is 29.5 Å². The second kappa shape index (κ2) is 10.8. The number of furan rings is 1. The number of hydrogen-bond acceptors (Lipinski definition) is 6. The van der Waals surface area contributed by atoms with Crippen molar-refractivity contribution in [3.05, 3.63) is 110 Å². The van der Waals surface area contributed by atoms with Gasteiger partial charge in [-0.2, -0.15) is 0 Å². The van der Waals surface area contributed by atoms with Gasteiger partial charge >= 0.3 is 0 Å². The monoisotopic (exact) mass is 542 g/mol. The van der Waals surface area contributed by atoms with Crippen LogP contribution in [0.15, 0.2) is 70.1 Å². The molecule has 1 N–H and O–H groups in total. The Bertz CT molecular complexity index is 1630. The summed E-state index contributed by atoms with van der Waals surface area (Å²) >= 11 is 6.19. The van der Waals surface area contributed by atoms with E-state index in [1.165, 1.54) is 0 Å². The van der Waals surface area contributed by atoms with Gasteiger partial charge < -0.3 is 9.40 Å². The van der Waals surface area contributed by atoms with Gasteiger partial charge in [0.1, 0.15) is 11.8 Å². The van der Waals surface area contributed by atoms with Gasteiger partial charge in [-0.3, -0.25) is 9.69 Å². The summed E-state index contributed by atoms with van der Waals surface area (Å²) in [7, 11) is 0. The first-order valence-electron chi connectivity index (χ1n) is 13.4. The molecule has 1 fully saturated rings. The lowest BCUT2D eigenvalue weighted by Crippen LogP contribution is -2.35. The molecule has 0 unspecified atom stereocenters. The molecule has 1 saturated carbocycles. The van der Waals surface area contributed by atoms with Gasteiger partial charge in [0.25, 0.3) is 5.56 Å². The SMILES string of the molecule is Cc1cc(C)c2cc([C@@H](c3nnnn3C3CCCC3)N(Cc3ccc(Cl)cc3)Cc3ccco3)c(=O)[nH]c2c1. The topological polar surface area (TPSA) is 92.8 Å². The summed E-state index contributed by atoms with van der Waals surface area (Å²) in [4.78, 5) is 19.2. The van der Waals surface area contributed by atoms with Crippen LogP contribution in [0.3, 0.4) is 0 Å². The summed E-state index contributed by atoms with van der Waals surface area (Å²) in [5.41, 5.74) is 4.54. The largest absolute Gasteiger partial charge is 0.468 e. The van der Waals surface area contributed by atoms with Crippen molar-refractivity contribution in [1.29, 1.82) is 0 Å². The zero-order chi connectivity index (χ0) is 26.9. The number of pyridine rings is 1. The van der Waals surface area contributed by atoms with Crippen LogP contribution in [0.5, 0.6) is 0 Å². The van der Waals surface area contributed by atoms with Crippen LogP contribution in [0.25, 0.3) is 10.9 Å². The number of nitrogens with one attached hydrogen (secondary N) is 1. The standard InChI is InChI=1S/C30H31ClN6O2/c1-19-14-20(2)25-16-26(30(38)32-27(25)15-19)28(29-33-34-35-37(29)23-6-3-4-7-23)36(18-24-8-5-13-39-24)17-21-9-11-22(31)12-10-21/h5,8-16,23,28H,3-4,6-7,17-18H2,1-2H3,(H,32,38)/t28-/m0/s1. The normalized spacial score (nSPS) is 15.0. The molecule has 39 heavy (non-hydrogen) atoms. The summed E-state index contributed by atoms with van der Waals surface area (Å²) in [6.07, 6.45) is 6.00. The third-order valence-corrected chi connectivity index (χ3v) is 7.92. The molecule has 3 heterocycles. The van der Waals surface area contributed by atoms with E-state index in [1.807, 2.05) is 60.1 Å². The van der Waals surface area contributed by atoms with Gasteiger partial charge in [-0.25, -0.2) is 4.68 Å². The number of aromatic amines is 1. The molecule has 1 aliphatic carbocycles. The molecule has 1 aliphatic rings. The number of benzene rings is 2. The van der Waals surface area contributed by atoms with Crippen LogP contribution < -0.4 is 5.56 Å². The first-order valence-corrected chi connectivity index (χ1v) is 13.8. The second-order valence-electron chi connectivity index (χ2n) is 10.5. The van der Waals surface area contributed by atoms with Gasteiger partial charge in [0.2, 0.25) is 0 Å². The van der Waals surface area contributed by atoms with Gasteiger partial charge in [-0.05, 0) is 90.2 Å². The highest BCUT2D eigenvalue weighted by molar-refractivity contribution is 6.30. The van der Waals surface area contributed by atoms with Gasteiger partial charge in [0, 0.05) is 28.0 Å². The van der Waals surface area contributed by atoms with Crippen molar-refractivity contribution >= 4 is 22.5 Å². The number of nitrogens with zero attached hydrogens (tertiary/aromatic N) is 5. The third kappa shape index (κ3) is 5.27. The second-order valence-corrected chi connectivity index (χ2v) is 11.0. The fraction of sp³-hybridized carbons (Fsp3) is 0.333. The molecule has 6 rings (SSSR count). The number of halogens is 1. The molecule has 3 aromatic heterocycles. The Hall–Kier alpha value is -3.75. The van der Waals surface area contributed by atoms with Crippen molar-refractivity contribution in [2.75, 3.05) is 0 Å². The molecule has 5 aromatic rings. The maximum absolute atomic E-state index is 13.8. The number of fused-ring (bicyclic) bond motifs is 1. The molecular weight excluding hydrogens is 512 g/mol. The molecule has 0 aliphatic heterocycles. The molecule has 0 bridgehead atoms. The first-order chi connectivity index (χ1) is 19.0. The molecular formula is C30H31ClN6O2. The van der Waals surface area contributed by atoms with E-state index in [-0.39, 0.29) is 11.6 Å². The van der Waals surface area contributed by atoms with E-state index in [0.717, 1.165) is 59.0 Å². The quantitative estimate of drug-likeness (QED) is 0.248. The van der Waals surface area contributed by atoms with Gasteiger partial charge in [-0.1, -0.05) is 42.6 Å². The minimum absolute atomic E-state index is 0.154. The van der Waals surface area contributed by atoms with Crippen LogP contribution in [-0.2, 0) is 13.1 Å². The van der Waals surface area contributed by atoms with Crippen molar-refractivity contribution in [2.24, 2.45) is 0 Å². The zero-order valence-corrected chi connectivity index (χ0v) is 22.9. The predicted molar refractivity (Wildman–Crippen MR) is 151 cm³/mol. The Balaban J connectivity index is 1.54. The van der Waals surface area contributed by atoms with Crippen molar-refractivity contribution in [1.82, 2.24) is 30.1 Å². The molecule has 0 spiro atoms. The Morgan fingerprint density at radius 1 is 1.10 bits per heavy atom. The highest BCUT2D eigenvalue weighted by Gasteiger charge is 2.34. The van der Waals surface area contributed by atoms with E-state index in [9.17, 15) is 4.79 Å². The zero-order valence-electron chi connectivity index (χ0n) is 22.1. The van der Waals surface area contributed by atoms with Crippen LogP contribution in [0, 0.1) is 13.8 Å². The van der Waals surface area contributed by atoms with E-state index < -0.39 is 6.04 Å². The summed E-state index contributed by atoms with van der Waals surface area (Å²) in [5.74, 6) is 1.45. The smallest absolute Gasteiger partial charge is 0.253 e. The van der Waals surface area contributed by atoms with Crippen LogP contribution in [0.4, 0.5) is 0 Å². The lowest BCUT2D eigenvalue weighted by Gasteiger charge is -2.31. The summed E-state index contributed by atoms with van der Waals surface area (Å²) < 4.78 is 7.72. The minimum Gasteiger partial charge on any atom is -0.468 e. The molecule has 0 saturated heterocycles. The van der Waals surface area contributed by atoms with Crippen LogP contribution in [0.1, 0.15) is 71.6 Å². The highest BCUT2D eigenvalue weighted by Crippen LogP contribution is 2.35. The van der Waals surface area contributed by atoms with E-state index in [1.54, 1.807) is 6.26 Å². The van der Waals surface area contributed by atoms with Crippen molar-refractivity contribution in [2.45, 2.75) is 64.7 Å². The fourth-order valence-corrected chi connectivity index (χ4v) is 5.97. The van der Waals surface area contributed by atoms with E-state index in [2.05, 4.69) is 38.4 Å². The lowest BCUT2D eigenvalue weighted by atomic mass is 9.99. The van der Waals surface area contributed by atoms with Gasteiger partial charge in [0.05, 0.1) is 18.8 Å². The van der Waals surface area contributed by atoms with Crippen LogP contribution in [0.2, 0.25) is 5.02 Å². The van der Waals surface area contributed by atoms with Crippen LogP contribution >= 0.6 is 11.6 Å². The Morgan fingerprint density at radius 3 is 2.64 bits per heavy atom. The fourth-order valence-electron chi connectivity index (χ4n) is 5.85. The maximum Gasteiger partial charge on any atom is 0.253 e. The number of rotatable bonds is 8. The summed E-state index contributed by atoms with van der Waals surface area (Å²) in [6.45, 7) is 5.10. The Labute approximate surface area is 231 Å². The maximum atomic E-state index is 13.8. The highest BCUT2D eigenvalue weighted by atomic mass is 35.5. The van der Waals surface area contributed by atoms with E-state index >= 15 is 0 Å². The molecule has 0 radical (unpaired) electrons. The van der Waals surface area contributed by atoms with Crippen molar-refractivity contribution < 1.29 is 4.42 Å². The van der Waals surface area contributed by atoms with Crippen molar-refractivity contribution in [3.8, 4) is 0 Å². The molecule has 1 atom stereocenters. The molecule has 0 amide bonds. The summed E-state index contributed by atoms with van der Waals surface area (Å²) in [5, 5.41) is 14.8. The number of H-pyrrole nitrogens is 1. The van der Waals surface area contributed by atoms with Gasteiger partial charge in [-0.15, -0.1) is 5.10 Å². The third-order valence-electron chi connectivity index (χ3n) is 7.67. The lowest BCUT2D eigenvalue weighted by molar-refractivity contribution is 0.176. The van der Waals surface area contributed by atoms with E-state index in [4.69, 9.17) is 16.0 Å². The average Bonchev–Trinajstić information content (AvgIpc) is 3.69. The molecule has 2 aromatic carbocycles. The molecule has 9 heteroatoms. The molecule has 8 nitrogen and oxygen atoms in total. The average molecular weight is 543 g/mol. The van der Waals surface area contributed by atoms with Crippen LogP contribution in [-0.4, -0.2) is 30.1 Å². The first kappa shape index (κ1) is 25.5. The number of aromatic nitrogens is 5. The minimum atomic E-state index is -0.518. The summed E-state index contributed by atoms with van der Waals surface area (Å²) in [6, 6.07) is 17.5. The Kier molecular flexibility index (Phi) is 7.06. The number of tetrazole rings is 1. The van der Waals surface area contributed by atoms with Gasteiger partial charge in [0.15, 0.2) is 5.82 Å². The molecule has 200 valence electrons. The number of hydrogen-bond donors (Lipinski definition) is 1. The Morgan fingerprint density at radius 2 is 1.90 bits per heavy atom. The number of aryl methyl sites for hydroxylation is 2.